The molecular weight excluding hydrogens is 400 g/mol. The molecule has 0 radical (unpaired) electrons. The molecule has 0 aliphatic heterocycles. The fourth-order valence-electron chi connectivity index (χ4n) is 1.65. The summed E-state index contributed by atoms with van der Waals surface area (Å²) in [7, 11) is 6.60. The molecular formula is C20H44O10. The topological polar surface area (TPSA) is 92.3 Å². The fourth-order valence-corrected chi connectivity index (χ4v) is 1.65. The second-order valence-electron chi connectivity index (χ2n) is 5.65. The van der Waals surface area contributed by atoms with Crippen LogP contribution in [0.25, 0.3) is 0 Å². The number of ether oxygens (including phenoxy) is 10. The van der Waals surface area contributed by atoms with Crippen LogP contribution in [0, 0.1) is 0 Å². The van der Waals surface area contributed by atoms with Gasteiger partial charge in [0.1, 0.15) is 0 Å². The maximum absolute atomic E-state index is 5.26. The van der Waals surface area contributed by atoms with E-state index in [0.29, 0.717) is 106 Å². The highest BCUT2D eigenvalue weighted by molar-refractivity contribution is 4.35. The van der Waals surface area contributed by atoms with E-state index in [1.54, 1.807) is 28.4 Å². The van der Waals surface area contributed by atoms with E-state index in [9.17, 15) is 0 Å². The Morgan fingerprint density at radius 1 is 0.233 bits per heavy atom. The molecule has 0 heterocycles. The van der Waals surface area contributed by atoms with Crippen LogP contribution in [0.2, 0.25) is 0 Å². The van der Waals surface area contributed by atoms with Crippen molar-refractivity contribution in [3.05, 3.63) is 0 Å². The van der Waals surface area contributed by atoms with Crippen LogP contribution in [-0.4, -0.2) is 134 Å². The van der Waals surface area contributed by atoms with Gasteiger partial charge in [0, 0.05) is 28.4 Å². The molecule has 0 N–H and O–H groups in total. The summed E-state index contributed by atoms with van der Waals surface area (Å²) in [5.74, 6) is 0. The van der Waals surface area contributed by atoms with E-state index in [0.717, 1.165) is 0 Å². The summed E-state index contributed by atoms with van der Waals surface area (Å²) in [5.41, 5.74) is 0. The van der Waals surface area contributed by atoms with E-state index in [2.05, 4.69) is 0 Å². The van der Waals surface area contributed by atoms with Crippen molar-refractivity contribution in [1.29, 1.82) is 0 Å². The van der Waals surface area contributed by atoms with Gasteiger partial charge >= 0.3 is 0 Å². The van der Waals surface area contributed by atoms with Gasteiger partial charge in [-0.15, -0.1) is 0 Å². The highest BCUT2D eigenvalue weighted by Gasteiger charge is 1.92. The number of rotatable bonds is 24. The SMILES string of the molecule is COCCOCCOCCOCCOC.COCCOCCOCCOCCOC. The molecule has 0 rings (SSSR count). The first-order chi connectivity index (χ1) is 14.8. The monoisotopic (exact) mass is 444 g/mol. The van der Waals surface area contributed by atoms with Crippen LogP contribution in [0.5, 0.6) is 0 Å². The Kier molecular flexibility index (Phi) is 35.2. The molecule has 0 spiro atoms. The van der Waals surface area contributed by atoms with Crippen LogP contribution in [0.4, 0.5) is 0 Å². The fraction of sp³-hybridized carbons (Fsp3) is 1.00. The molecule has 0 aromatic heterocycles. The molecule has 30 heavy (non-hydrogen) atoms. The van der Waals surface area contributed by atoms with Crippen molar-refractivity contribution < 1.29 is 47.4 Å². The maximum Gasteiger partial charge on any atom is 0.0701 e. The van der Waals surface area contributed by atoms with Gasteiger partial charge in [-0.05, 0) is 0 Å². The lowest BCUT2D eigenvalue weighted by Gasteiger charge is -2.06. The summed E-state index contributed by atoms with van der Waals surface area (Å²) in [5, 5.41) is 0. The molecule has 0 aliphatic carbocycles. The first-order valence-corrected chi connectivity index (χ1v) is 10.3. The predicted octanol–water partition coefficient (Wildman–Crippen LogP) is 0.658. The van der Waals surface area contributed by atoms with Crippen LogP contribution >= 0.6 is 0 Å². The van der Waals surface area contributed by atoms with Crippen molar-refractivity contribution in [2.75, 3.05) is 134 Å². The van der Waals surface area contributed by atoms with E-state index >= 15 is 0 Å². The predicted molar refractivity (Wildman–Crippen MR) is 112 cm³/mol. The van der Waals surface area contributed by atoms with E-state index < -0.39 is 0 Å². The Balaban J connectivity index is 0. The molecule has 0 saturated heterocycles. The molecule has 0 atom stereocenters. The van der Waals surface area contributed by atoms with Crippen molar-refractivity contribution in [2.24, 2.45) is 0 Å². The zero-order valence-corrected chi connectivity index (χ0v) is 19.4. The van der Waals surface area contributed by atoms with Gasteiger partial charge in [0.2, 0.25) is 0 Å². The molecule has 0 bridgehead atoms. The molecule has 0 fully saturated rings. The lowest BCUT2D eigenvalue weighted by atomic mass is 10.7. The Labute approximate surface area is 182 Å². The van der Waals surface area contributed by atoms with Crippen LogP contribution in [0.3, 0.4) is 0 Å². The van der Waals surface area contributed by atoms with Crippen molar-refractivity contribution in [3.63, 3.8) is 0 Å². The number of hydrogen-bond acceptors (Lipinski definition) is 10. The summed E-state index contributed by atoms with van der Waals surface area (Å²) < 4.78 is 50.7. The van der Waals surface area contributed by atoms with Gasteiger partial charge in [0.15, 0.2) is 0 Å². The first kappa shape index (κ1) is 31.8. The van der Waals surface area contributed by atoms with Gasteiger partial charge in [0.05, 0.1) is 106 Å². The molecule has 0 unspecified atom stereocenters. The van der Waals surface area contributed by atoms with Gasteiger partial charge in [-0.2, -0.15) is 0 Å². The molecule has 0 aromatic carbocycles. The highest BCUT2D eigenvalue weighted by Crippen LogP contribution is 1.83. The molecule has 0 saturated carbocycles. The summed E-state index contributed by atoms with van der Waals surface area (Å²) in [6, 6.07) is 0. The quantitative estimate of drug-likeness (QED) is 0.198. The van der Waals surface area contributed by atoms with Crippen molar-refractivity contribution in [2.45, 2.75) is 0 Å². The van der Waals surface area contributed by atoms with Crippen LogP contribution in [0.15, 0.2) is 0 Å². The normalized spacial score (nSPS) is 10.8. The minimum Gasteiger partial charge on any atom is -0.382 e. The largest absolute Gasteiger partial charge is 0.382 e. The van der Waals surface area contributed by atoms with Gasteiger partial charge in [0.25, 0.3) is 0 Å². The van der Waals surface area contributed by atoms with Crippen molar-refractivity contribution >= 4 is 0 Å². The lowest BCUT2D eigenvalue weighted by Crippen LogP contribution is -2.12. The molecule has 0 amide bonds. The lowest BCUT2D eigenvalue weighted by molar-refractivity contribution is -0.00380. The second kappa shape index (κ2) is 33.2. The molecule has 184 valence electrons. The average Bonchev–Trinajstić information content (AvgIpc) is 2.76. The van der Waals surface area contributed by atoms with Gasteiger partial charge < -0.3 is 47.4 Å². The number of hydrogen-bond donors (Lipinski definition) is 0. The molecule has 10 nitrogen and oxygen atoms in total. The Bertz CT molecular complexity index is 222. The molecule has 10 heteroatoms. The highest BCUT2D eigenvalue weighted by atomic mass is 16.6. The third-order valence-electron chi connectivity index (χ3n) is 3.22. The van der Waals surface area contributed by atoms with Gasteiger partial charge in [-0.3, -0.25) is 0 Å². The Morgan fingerprint density at radius 3 is 0.500 bits per heavy atom. The second-order valence-corrected chi connectivity index (χ2v) is 5.65. The third-order valence-corrected chi connectivity index (χ3v) is 3.22. The van der Waals surface area contributed by atoms with Gasteiger partial charge in [-0.1, -0.05) is 0 Å². The van der Waals surface area contributed by atoms with Crippen LogP contribution in [-0.2, 0) is 47.4 Å². The van der Waals surface area contributed by atoms with E-state index in [1.165, 1.54) is 0 Å². The van der Waals surface area contributed by atoms with Crippen LogP contribution < -0.4 is 0 Å². The maximum atomic E-state index is 5.26. The minimum atomic E-state index is 0.595. The number of methoxy groups -OCH3 is 4. The summed E-state index contributed by atoms with van der Waals surface area (Å²) >= 11 is 0. The minimum absolute atomic E-state index is 0.595. The zero-order valence-electron chi connectivity index (χ0n) is 19.4. The third kappa shape index (κ3) is 35.1. The molecule has 0 aliphatic rings. The molecule has 0 aromatic rings. The van der Waals surface area contributed by atoms with E-state index in [4.69, 9.17) is 47.4 Å². The Hall–Kier alpha value is -0.400. The summed E-state index contributed by atoms with van der Waals surface area (Å²) in [6.07, 6.45) is 0. The van der Waals surface area contributed by atoms with Crippen molar-refractivity contribution in [1.82, 2.24) is 0 Å². The van der Waals surface area contributed by atoms with E-state index in [-0.39, 0.29) is 0 Å². The average molecular weight is 445 g/mol. The van der Waals surface area contributed by atoms with E-state index in [1.807, 2.05) is 0 Å². The summed E-state index contributed by atoms with van der Waals surface area (Å²) in [6.45, 7) is 9.73. The van der Waals surface area contributed by atoms with Gasteiger partial charge in [-0.25, -0.2) is 0 Å². The van der Waals surface area contributed by atoms with Crippen LogP contribution in [0.1, 0.15) is 0 Å². The summed E-state index contributed by atoms with van der Waals surface area (Å²) in [4.78, 5) is 0. The van der Waals surface area contributed by atoms with Crippen molar-refractivity contribution in [3.8, 4) is 0 Å². The Morgan fingerprint density at radius 2 is 0.367 bits per heavy atom. The first-order valence-electron chi connectivity index (χ1n) is 10.3. The standard InChI is InChI=1S/2C10H22O5/c2*1-11-3-5-13-7-9-15-10-8-14-6-4-12-2/h2*3-10H2,1-2H3. The zero-order chi connectivity index (χ0) is 22.4. The smallest absolute Gasteiger partial charge is 0.0701 e.